The van der Waals surface area contributed by atoms with Crippen LogP contribution in [0, 0.1) is 5.82 Å². The molecular formula is C13H12ClFN2O2. The number of aromatic nitrogens is 1. The topological polar surface area (TPSA) is 68.4 Å². The van der Waals surface area contributed by atoms with Crippen LogP contribution >= 0.6 is 11.6 Å². The minimum absolute atomic E-state index is 0.138. The summed E-state index contributed by atoms with van der Waals surface area (Å²) < 4.78 is 19.0. The number of anilines is 1. The first-order chi connectivity index (χ1) is 9.00. The lowest BCUT2D eigenvalue weighted by Crippen LogP contribution is -2.07. The molecule has 2 aromatic rings. The number of benzene rings is 1. The number of phenolic OH excluding ortho intramolecular Hbond substituents is 1. The molecule has 1 unspecified atom stereocenters. The summed E-state index contributed by atoms with van der Waals surface area (Å²) in [7, 11) is 0. The Balaban J connectivity index is 2.33. The highest BCUT2D eigenvalue weighted by Gasteiger charge is 2.20. The van der Waals surface area contributed by atoms with Crippen LogP contribution < -0.4 is 10.5 Å². The number of aromatic hydroxyl groups is 1. The number of rotatable bonds is 3. The first-order valence-electron chi connectivity index (χ1n) is 5.54. The summed E-state index contributed by atoms with van der Waals surface area (Å²) in [6.07, 6.45) is 0.856. The van der Waals surface area contributed by atoms with Crippen molar-refractivity contribution in [2.24, 2.45) is 0 Å². The van der Waals surface area contributed by atoms with Crippen LogP contribution in [0.25, 0.3) is 0 Å². The molecule has 0 saturated heterocycles. The molecule has 0 aliphatic rings. The molecule has 0 spiro atoms. The summed E-state index contributed by atoms with van der Waals surface area (Å²) in [5.41, 5.74) is 5.82. The standard InChI is InChI=1S/C13H12ClFN2O2/c1-7(19-10-3-2-6-17-13(10)16)11-9(18)5-4-8(15)12(11)14/h2-7,18H,1H3,(H2,16,17). The van der Waals surface area contributed by atoms with Crippen molar-refractivity contribution >= 4 is 17.4 Å². The number of nitrogen functional groups attached to an aromatic ring is 1. The van der Waals surface area contributed by atoms with Crippen molar-refractivity contribution in [3.8, 4) is 11.5 Å². The summed E-state index contributed by atoms with van der Waals surface area (Å²) in [5, 5.41) is 9.58. The van der Waals surface area contributed by atoms with E-state index in [-0.39, 0.29) is 22.2 Å². The minimum atomic E-state index is -0.672. The van der Waals surface area contributed by atoms with Gasteiger partial charge in [-0.25, -0.2) is 9.37 Å². The minimum Gasteiger partial charge on any atom is -0.507 e. The number of pyridine rings is 1. The zero-order valence-electron chi connectivity index (χ0n) is 10.1. The van der Waals surface area contributed by atoms with Gasteiger partial charge in [0.25, 0.3) is 0 Å². The lowest BCUT2D eigenvalue weighted by molar-refractivity contribution is 0.222. The molecule has 1 aromatic heterocycles. The molecule has 6 heteroatoms. The largest absolute Gasteiger partial charge is 0.507 e. The van der Waals surface area contributed by atoms with E-state index in [4.69, 9.17) is 22.1 Å². The van der Waals surface area contributed by atoms with Gasteiger partial charge in [0.05, 0.1) is 10.6 Å². The van der Waals surface area contributed by atoms with E-state index in [1.165, 1.54) is 12.3 Å². The third-order valence-electron chi connectivity index (χ3n) is 2.62. The van der Waals surface area contributed by atoms with E-state index >= 15 is 0 Å². The van der Waals surface area contributed by atoms with Crippen LogP contribution in [0.3, 0.4) is 0 Å². The van der Waals surface area contributed by atoms with Crippen LogP contribution in [0.15, 0.2) is 30.5 Å². The van der Waals surface area contributed by atoms with Crippen LogP contribution in [-0.2, 0) is 0 Å². The van der Waals surface area contributed by atoms with Crippen LogP contribution in [-0.4, -0.2) is 10.1 Å². The molecule has 4 nitrogen and oxygen atoms in total. The second-order valence-electron chi connectivity index (χ2n) is 3.94. The Morgan fingerprint density at radius 2 is 2.16 bits per heavy atom. The highest BCUT2D eigenvalue weighted by molar-refractivity contribution is 6.31. The molecule has 0 fully saturated rings. The van der Waals surface area contributed by atoms with E-state index in [1.54, 1.807) is 19.1 Å². The van der Waals surface area contributed by atoms with Crippen LogP contribution in [0.2, 0.25) is 5.02 Å². The molecule has 0 saturated carbocycles. The highest BCUT2D eigenvalue weighted by Crippen LogP contribution is 2.36. The Labute approximate surface area is 114 Å². The second-order valence-corrected chi connectivity index (χ2v) is 4.32. The molecule has 0 bridgehead atoms. The molecule has 3 N–H and O–H groups in total. The van der Waals surface area contributed by atoms with Crippen LogP contribution in [0.4, 0.5) is 10.2 Å². The van der Waals surface area contributed by atoms with Gasteiger partial charge in [-0.1, -0.05) is 11.6 Å². The maximum Gasteiger partial charge on any atom is 0.166 e. The van der Waals surface area contributed by atoms with Crippen molar-refractivity contribution in [2.75, 3.05) is 5.73 Å². The average molecular weight is 283 g/mol. The Kier molecular flexibility index (Phi) is 3.76. The van der Waals surface area contributed by atoms with Crippen molar-refractivity contribution in [1.29, 1.82) is 0 Å². The molecule has 0 aliphatic carbocycles. The fourth-order valence-corrected chi connectivity index (χ4v) is 2.01. The number of phenols is 1. The van der Waals surface area contributed by atoms with E-state index in [9.17, 15) is 9.50 Å². The van der Waals surface area contributed by atoms with Crippen molar-refractivity contribution in [1.82, 2.24) is 4.98 Å². The van der Waals surface area contributed by atoms with Gasteiger partial charge in [-0.15, -0.1) is 0 Å². The fourth-order valence-electron chi connectivity index (χ4n) is 1.69. The molecule has 0 aliphatic heterocycles. The van der Waals surface area contributed by atoms with E-state index in [1.807, 2.05) is 0 Å². The van der Waals surface area contributed by atoms with Crippen LogP contribution in [0.5, 0.6) is 11.5 Å². The van der Waals surface area contributed by atoms with Gasteiger partial charge >= 0.3 is 0 Å². The first-order valence-corrected chi connectivity index (χ1v) is 5.92. The molecule has 1 aromatic carbocycles. The number of hydrogen-bond acceptors (Lipinski definition) is 4. The summed E-state index contributed by atoms with van der Waals surface area (Å²) in [5.74, 6) is -0.207. The molecule has 2 rings (SSSR count). The van der Waals surface area contributed by atoms with Gasteiger partial charge < -0.3 is 15.6 Å². The van der Waals surface area contributed by atoms with E-state index in [0.29, 0.717) is 5.75 Å². The Hall–Kier alpha value is -2.01. The predicted octanol–water partition coefficient (Wildman–Crippen LogP) is 3.30. The summed E-state index contributed by atoms with van der Waals surface area (Å²) in [6.45, 7) is 1.63. The molecule has 19 heavy (non-hydrogen) atoms. The fraction of sp³-hybridized carbons (Fsp3) is 0.154. The third kappa shape index (κ3) is 2.71. The predicted molar refractivity (Wildman–Crippen MR) is 70.8 cm³/mol. The quantitative estimate of drug-likeness (QED) is 0.906. The number of halogens is 2. The first kappa shape index (κ1) is 13.4. The second kappa shape index (κ2) is 5.32. The molecule has 1 heterocycles. The van der Waals surface area contributed by atoms with Crippen molar-refractivity contribution in [2.45, 2.75) is 13.0 Å². The maximum absolute atomic E-state index is 13.4. The zero-order valence-corrected chi connectivity index (χ0v) is 10.9. The summed E-state index contributed by atoms with van der Waals surface area (Å²) in [4.78, 5) is 3.87. The monoisotopic (exact) mass is 282 g/mol. The Morgan fingerprint density at radius 3 is 2.84 bits per heavy atom. The van der Waals surface area contributed by atoms with Gasteiger partial charge in [-0.2, -0.15) is 0 Å². The number of nitrogens with zero attached hydrogens (tertiary/aromatic N) is 1. The highest BCUT2D eigenvalue weighted by atomic mass is 35.5. The van der Waals surface area contributed by atoms with Crippen molar-refractivity contribution < 1.29 is 14.2 Å². The van der Waals surface area contributed by atoms with E-state index in [2.05, 4.69) is 4.98 Å². The van der Waals surface area contributed by atoms with E-state index in [0.717, 1.165) is 6.07 Å². The molecule has 0 radical (unpaired) electrons. The number of ether oxygens (including phenoxy) is 1. The van der Waals surface area contributed by atoms with Crippen LogP contribution in [0.1, 0.15) is 18.6 Å². The van der Waals surface area contributed by atoms with Gasteiger partial charge in [-0.3, -0.25) is 0 Å². The lowest BCUT2D eigenvalue weighted by Gasteiger charge is -2.18. The smallest absolute Gasteiger partial charge is 0.166 e. The van der Waals surface area contributed by atoms with Gasteiger partial charge in [-0.05, 0) is 31.2 Å². The number of nitrogens with two attached hydrogens (primary N) is 1. The normalized spacial score (nSPS) is 12.2. The zero-order chi connectivity index (χ0) is 14.0. The van der Waals surface area contributed by atoms with Gasteiger partial charge in [0, 0.05) is 6.20 Å². The summed E-state index contributed by atoms with van der Waals surface area (Å²) >= 11 is 5.84. The average Bonchev–Trinajstić information content (AvgIpc) is 2.37. The summed E-state index contributed by atoms with van der Waals surface area (Å²) in [6, 6.07) is 5.60. The lowest BCUT2D eigenvalue weighted by atomic mass is 10.1. The van der Waals surface area contributed by atoms with Gasteiger partial charge in [0.2, 0.25) is 0 Å². The molecule has 100 valence electrons. The SMILES string of the molecule is CC(Oc1cccnc1N)c1c(O)ccc(F)c1Cl. The molecular weight excluding hydrogens is 271 g/mol. The number of hydrogen-bond donors (Lipinski definition) is 2. The van der Waals surface area contributed by atoms with Crippen molar-refractivity contribution in [3.05, 3.63) is 46.9 Å². The van der Waals surface area contributed by atoms with E-state index < -0.39 is 11.9 Å². The Bertz CT molecular complexity index is 607. The molecule has 1 atom stereocenters. The van der Waals surface area contributed by atoms with Gasteiger partial charge in [0.1, 0.15) is 17.7 Å². The Morgan fingerprint density at radius 1 is 1.42 bits per heavy atom. The van der Waals surface area contributed by atoms with Crippen molar-refractivity contribution in [3.63, 3.8) is 0 Å². The molecule has 0 amide bonds. The van der Waals surface area contributed by atoms with Gasteiger partial charge in [0.15, 0.2) is 11.6 Å². The maximum atomic E-state index is 13.4. The third-order valence-corrected chi connectivity index (χ3v) is 3.00.